The van der Waals surface area contributed by atoms with E-state index in [1.165, 1.54) is 12.0 Å². The van der Waals surface area contributed by atoms with Crippen molar-refractivity contribution in [1.29, 1.82) is 0 Å². The Kier molecular flexibility index (Phi) is 6.38. The molecule has 168 valence electrons. The van der Waals surface area contributed by atoms with Crippen LogP contribution in [0.2, 0.25) is 5.02 Å². The minimum absolute atomic E-state index is 0.0732. The first-order valence-electron chi connectivity index (χ1n) is 10.3. The smallest absolute Gasteiger partial charge is 0.278 e. The van der Waals surface area contributed by atoms with Gasteiger partial charge in [0.05, 0.1) is 26.3 Å². The lowest BCUT2D eigenvalue weighted by molar-refractivity contribution is -0.137. The molecule has 0 atom stereocenters. The molecule has 6 nitrogen and oxygen atoms in total. The van der Waals surface area contributed by atoms with Gasteiger partial charge in [-0.05, 0) is 36.2 Å². The summed E-state index contributed by atoms with van der Waals surface area (Å²) in [5, 5.41) is 3.64. The van der Waals surface area contributed by atoms with E-state index in [2.05, 4.69) is 5.32 Å². The Morgan fingerprint density at radius 1 is 0.879 bits per heavy atom. The third-order valence-corrected chi connectivity index (χ3v) is 5.82. The van der Waals surface area contributed by atoms with Gasteiger partial charge in [-0.15, -0.1) is 0 Å². The summed E-state index contributed by atoms with van der Waals surface area (Å²) in [4.78, 5) is 28.1. The molecule has 7 heteroatoms. The van der Waals surface area contributed by atoms with E-state index >= 15 is 0 Å². The first kappa shape index (κ1) is 22.4. The zero-order chi connectivity index (χ0) is 23.5. The summed E-state index contributed by atoms with van der Waals surface area (Å²) < 4.78 is 10.7. The van der Waals surface area contributed by atoms with Gasteiger partial charge in [-0.1, -0.05) is 59.6 Å². The van der Waals surface area contributed by atoms with E-state index in [9.17, 15) is 9.59 Å². The number of ether oxygens (including phenoxy) is 2. The zero-order valence-electron chi connectivity index (χ0n) is 18.5. The monoisotopic (exact) mass is 462 g/mol. The van der Waals surface area contributed by atoms with Crippen LogP contribution in [0.4, 0.5) is 5.69 Å². The number of benzene rings is 3. The Morgan fingerprint density at radius 3 is 2.24 bits per heavy atom. The normalized spacial score (nSPS) is 13.5. The lowest BCUT2D eigenvalue weighted by Gasteiger charge is -2.16. The van der Waals surface area contributed by atoms with Gasteiger partial charge in [0.2, 0.25) is 0 Å². The van der Waals surface area contributed by atoms with Crippen molar-refractivity contribution in [1.82, 2.24) is 4.90 Å². The summed E-state index contributed by atoms with van der Waals surface area (Å²) >= 11 is 6.29. The summed E-state index contributed by atoms with van der Waals surface area (Å²) in [6.07, 6.45) is 0. The lowest BCUT2D eigenvalue weighted by Crippen LogP contribution is -2.32. The highest BCUT2D eigenvalue weighted by Gasteiger charge is 2.39. The Labute approximate surface area is 197 Å². The molecule has 0 aliphatic carbocycles. The number of rotatable bonds is 7. The maximum absolute atomic E-state index is 13.5. The number of halogens is 1. The van der Waals surface area contributed by atoms with Crippen molar-refractivity contribution in [2.75, 3.05) is 19.5 Å². The molecule has 1 aliphatic rings. The fourth-order valence-electron chi connectivity index (χ4n) is 3.68. The van der Waals surface area contributed by atoms with Crippen LogP contribution in [0.25, 0.3) is 5.57 Å². The molecule has 0 radical (unpaired) electrons. The molecule has 3 aromatic carbocycles. The fourth-order valence-corrected chi connectivity index (χ4v) is 3.87. The molecular weight excluding hydrogens is 440 g/mol. The van der Waals surface area contributed by atoms with Gasteiger partial charge in [0, 0.05) is 16.8 Å². The zero-order valence-corrected chi connectivity index (χ0v) is 19.3. The second-order valence-corrected chi connectivity index (χ2v) is 8.01. The topological polar surface area (TPSA) is 67.9 Å². The standard InChI is InChI=1S/C26H23ClN2O4/c1-16-8-10-17(11-9-16)23-24(28-19-12-13-21(32-2)22(14-19)33-3)26(31)29(25(23)30)15-18-6-4-5-7-20(18)27/h4-14,28H,15H2,1-3H3. The maximum atomic E-state index is 13.5. The van der Waals surface area contributed by atoms with Gasteiger partial charge in [0.25, 0.3) is 11.8 Å². The van der Waals surface area contributed by atoms with Crippen LogP contribution in [0.5, 0.6) is 11.5 Å². The van der Waals surface area contributed by atoms with Crippen molar-refractivity contribution >= 4 is 34.7 Å². The number of amides is 2. The van der Waals surface area contributed by atoms with E-state index in [0.717, 1.165) is 5.56 Å². The van der Waals surface area contributed by atoms with Crippen molar-refractivity contribution in [2.24, 2.45) is 0 Å². The van der Waals surface area contributed by atoms with Gasteiger partial charge in [-0.3, -0.25) is 14.5 Å². The molecule has 3 aromatic rings. The van der Waals surface area contributed by atoms with E-state index in [1.54, 1.807) is 43.5 Å². The molecule has 4 rings (SSSR count). The molecular formula is C26H23ClN2O4. The Bertz CT molecular complexity index is 1250. The molecule has 0 unspecified atom stereocenters. The lowest BCUT2D eigenvalue weighted by atomic mass is 10.0. The minimum Gasteiger partial charge on any atom is -0.493 e. The number of methoxy groups -OCH3 is 2. The van der Waals surface area contributed by atoms with E-state index in [1.807, 2.05) is 37.3 Å². The highest BCUT2D eigenvalue weighted by atomic mass is 35.5. The predicted octanol–water partition coefficient (Wildman–Crippen LogP) is 5.06. The Hall–Kier alpha value is -3.77. The summed E-state index contributed by atoms with van der Waals surface area (Å²) in [5.41, 5.74) is 3.50. The van der Waals surface area contributed by atoms with E-state index in [4.69, 9.17) is 21.1 Å². The van der Waals surface area contributed by atoms with Crippen LogP contribution in [0, 0.1) is 6.92 Å². The first-order chi connectivity index (χ1) is 15.9. The maximum Gasteiger partial charge on any atom is 0.278 e. The van der Waals surface area contributed by atoms with E-state index in [0.29, 0.717) is 38.9 Å². The molecule has 1 heterocycles. The minimum atomic E-state index is -0.426. The van der Waals surface area contributed by atoms with Crippen LogP contribution >= 0.6 is 11.6 Å². The van der Waals surface area contributed by atoms with Crippen LogP contribution in [-0.2, 0) is 16.1 Å². The molecule has 0 saturated carbocycles. The first-order valence-corrected chi connectivity index (χ1v) is 10.7. The second-order valence-electron chi connectivity index (χ2n) is 7.60. The molecule has 0 saturated heterocycles. The number of anilines is 1. The summed E-state index contributed by atoms with van der Waals surface area (Å²) in [6, 6.07) is 19.9. The molecule has 2 amide bonds. The Balaban J connectivity index is 1.75. The van der Waals surface area contributed by atoms with Crippen molar-refractivity contribution in [2.45, 2.75) is 13.5 Å². The van der Waals surface area contributed by atoms with Gasteiger partial charge < -0.3 is 14.8 Å². The van der Waals surface area contributed by atoms with Crippen LogP contribution in [-0.4, -0.2) is 30.9 Å². The van der Waals surface area contributed by atoms with Gasteiger partial charge in [0.15, 0.2) is 11.5 Å². The predicted molar refractivity (Wildman–Crippen MR) is 128 cm³/mol. The van der Waals surface area contributed by atoms with Gasteiger partial charge in [-0.25, -0.2) is 0 Å². The Morgan fingerprint density at radius 2 is 1.58 bits per heavy atom. The van der Waals surface area contributed by atoms with Crippen molar-refractivity contribution in [3.8, 4) is 11.5 Å². The van der Waals surface area contributed by atoms with Gasteiger partial charge in [-0.2, -0.15) is 0 Å². The van der Waals surface area contributed by atoms with Crippen molar-refractivity contribution in [3.05, 3.63) is 94.1 Å². The number of hydrogen-bond acceptors (Lipinski definition) is 5. The van der Waals surface area contributed by atoms with Crippen molar-refractivity contribution in [3.63, 3.8) is 0 Å². The molecule has 33 heavy (non-hydrogen) atoms. The molecule has 1 N–H and O–H groups in total. The fraction of sp³-hybridized carbons (Fsp3) is 0.154. The number of carbonyl (C=O) groups is 2. The average Bonchev–Trinajstić information content (AvgIpc) is 3.05. The third kappa shape index (κ3) is 4.43. The average molecular weight is 463 g/mol. The summed E-state index contributed by atoms with van der Waals surface area (Å²) in [6.45, 7) is 2.04. The second kappa shape index (κ2) is 9.38. The molecule has 1 aliphatic heterocycles. The molecule has 0 fully saturated rings. The van der Waals surface area contributed by atoms with Crippen LogP contribution in [0.1, 0.15) is 16.7 Å². The number of aryl methyl sites for hydroxylation is 1. The number of imide groups is 1. The highest BCUT2D eigenvalue weighted by Crippen LogP contribution is 2.35. The van der Waals surface area contributed by atoms with Gasteiger partial charge in [0.1, 0.15) is 5.70 Å². The quantitative estimate of drug-likeness (QED) is 0.497. The number of carbonyl (C=O) groups excluding carboxylic acids is 2. The number of nitrogens with zero attached hydrogens (tertiary/aromatic N) is 1. The third-order valence-electron chi connectivity index (χ3n) is 5.45. The van der Waals surface area contributed by atoms with Gasteiger partial charge >= 0.3 is 0 Å². The SMILES string of the molecule is COc1ccc(NC2=C(c3ccc(C)cc3)C(=O)N(Cc3ccccc3Cl)C2=O)cc1OC. The summed E-state index contributed by atoms with van der Waals surface area (Å²) in [5.74, 6) is 0.256. The van der Waals surface area contributed by atoms with E-state index in [-0.39, 0.29) is 18.1 Å². The molecule has 0 bridgehead atoms. The highest BCUT2D eigenvalue weighted by molar-refractivity contribution is 6.36. The van der Waals surface area contributed by atoms with Crippen molar-refractivity contribution < 1.29 is 19.1 Å². The largest absolute Gasteiger partial charge is 0.493 e. The molecule has 0 aromatic heterocycles. The van der Waals surface area contributed by atoms with Crippen LogP contribution in [0.15, 0.2) is 72.4 Å². The van der Waals surface area contributed by atoms with E-state index < -0.39 is 5.91 Å². The number of hydrogen-bond donors (Lipinski definition) is 1. The summed E-state index contributed by atoms with van der Waals surface area (Å²) in [7, 11) is 3.09. The molecule has 0 spiro atoms. The number of nitrogens with one attached hydrogen (secondary N) is 1. The van der Waals surface area contributed by atoms with Crippen LogP contribution in [0.3, 0.4) is 0 Å². The van der Waals surface area contributed by atoms with Crippen LogP contribution < -0.4 is 14.8 Å².